The summed E-state index contributed by atoms with van der Waals surface area (Å²) >= 11 is 0. The third kappa shape index (κ3) is 4.35. The predicted molar refractivity (Wildman–Crippen MR) is 88.7 cm³/mol. The molecule has 2 heterocycles. The zero-order valence-corrected chi connectivity index (χ0v) is 13.9. The van der Waals surface area contributed by atoms with Gasteiger partial charge >= 0.3 is 0 Å². The minimum Gasteiger partial charge on any atom is -0.317 e. The Hall–Kier alpha value is 0.210. The molecule has 1 N–H and O–H groups in total. The first kappa shape index (κ1) is 16.6. The van der Waals surface area contributed by atoms with Gasteiger partial charge in [-0.3, -0.25) is 0 Å². The summed E-state index contributed by atoms with van der Waals surface area (Å²) in [5, 5.41) is 3.49. The molecule has 0 aromatic heterocycles. The molecule has 3 rings (SSSR count). The lowest BCUT2D eigenvalue weighted by Crippen LogP contribution is -2.37. The minimum atomic E-state index is 0. The third-order valence-corrected chi connectivity index (χ3v) is 6.03. The van der Waals surface area contributed by atoms with E-state index in [1.54, 1.807) is 0 Å². The lowest BCUT2D eigenvalue weighted by molar-refractivity contribution is 0.151. The van der Waals surface area contributed by atoms with Crippen LogP contribution in [-0.4, -0.2) is 37.6 Å². The van der Waals surface area contributed by atoms with E-state index in [-0.39, 0.29) is 12.4 Å². The van der Waals surface area contributed by atoms with Crippen molar-refractivity contribution >= 4 is 12.4 Å². The maximum atomic E-state index is 3.49. The van der Waals surface area contributed by atoms with Crippen LogP contribution in [0.1, 0.15) is 64.2 Å². The molecule has 0 amide bonds. The maximum Gasteiger partial charge on any atom is 0.00106 e. The Balaban J connectivity index is 0.00000147. The summed E-state index contributed by atoms with van der Waals surface area (Å²) < 4.78 is 0. The Labute approximate surface area is 131 Å². The van der Waals surface area contributed by atoms with Gasteiger partial charge in [-0.05, 0) is 82.5 Å². The third-order valence-electron chi connectivity index (χ3n) is 6.03. The zero-order chi connectivity index (χ0) is 13.0. The van der Waals surface area contributed by atoms with Gasteiger partial charge in [-0.1, -0.05) is 19.3 Å². The van der Waals surface area contributed by atoms with Crippen LogP contribution in [0.3, 0.4) is 0 Å². The quantitative estimate of drug-likeness (QED) is 0.833. The SMILES string of the molecule is C1CCC2(CC1)CCCN(CC1CCNCC1)CC2.Cl. The van der Waals surface area contributed by atoms with Crippen LogP contribution < -0.4 is 5.32 Å². The van der Waals surface area contributed by atoms with E-state index >= 15 is 0 Å². The topological polar surface area (TPSA) is 15.3 Å². The van der Waals surface area contributed by atoms with Gasteiger partial charge in [0.25, 0.3) is 0 Å². The van der Waals surface area contributed by atoms with Crippen molar-refractivity contribution in [3.63, 3.8) is 0 Å². The van der Waals surface area contributed by atoms with Crippen LogP contribution in [0.4, 0.5) is 0 Å². The Morgan fingerprint density at radius 3 is 2.30 bits per heavy atom. The number of nitrogens with zero attached hydrogens (tertiary/aromatic N) is 1. The molecule has 0 unspecified atom stereocenters. The summed E-state index contributed by atoms with van der Waals surface area (Å²) in [5.41, 5.74) is 0.765. The van der Waals surface area contributed by atoms with Crippen LogP contribution in [0, 0.1) is 11.3 Å². The largest absolute Gasteiger partial charge is 0.317 e. The van der Waals surface area contributed by atoms with Crippen LogP contribution >= 0.6 is 12.4 Å². The van der Waals surface area contributed by atoms with Crippen molar-refractivity contribution in [2.24, 2.45) is 11.3 Å². The van der Waals surface area contributed by atoms with Gasteiger partial charge in [-0.25, -0.2) is 0 Å². The normalized spacial score (nSPS) is 28.8. The highest BCUT2D eigenvalue weighted by Crippen LogP contribution is 2.44. The number of nitrogens with one attached hydrogen (secondary N) is 1. The first-order valence-corrected chi connectivity index (χ1v) is 8.79. The highest BCUT2D eigenvalue weighted by atomic mass is 35.5. The summed E-state index contributed by atoms with van der Waals surface area (Å²) in [7, 11) is 0. The second-order valence-electron chi connectivity index (χ2n) is 7.41. The standard InChI is InChI=1S/C17H32N2.ClH/c1-2-7-17(8-3-1)9-4-13-19(14-10-17)15-16-5-11-18-12-6-16;/h16,18H,1-15H2;1H. The molecule has 1 aliphatic carbocycles. The van der Waals surface area contributed by atoms with E-state index in [0.29, 0.717) is 0 Å². The molecule has 3 heteroatoms. The summed E-state index contributed by atoms with van der Waals surface area (Å²) in [6.45, 7) is 6.66. The molecule has 0 bridgehead atoms. The molecule has 118 valence electrons. The van der Waals surface area contributed by atoms with Gasteiger partial charge in [-0.2, -0.15) is 0 Å². The first-order chi connectivity index (χ1) is 9.36. The molecule has 3 fully saturated rings. The van der Waals surface area contributed by atoms with Crippen LogP contribution in [0.25, 0.3) is 0 Å². The number of likely N-dealkylation sites (tertiary alicyclic amines) is 1. The fourth-order valence-corrected chi connectivity index (χ4v) is 4.72. The number of rotatable bonds is 2. The Kier molecular flexibility index (Phi) is 6.64. The van der Waals surface area contributed by atoms with E-state index < -0.39 is 0 Å². The van der Waals surface area contributed by atoms with Crippen molar-refractivity contribution in [3.05, 3.63) is 0 Å². The van der Waals surface area contributed by atoms with Crippen LogP contribution in [0.2, 0.25) is 0 Å². The Morgan fingerprint density at radius 1 is 0.850 bits per heavy atom. The Morgan fingerprint density at radius 2 is 1.55 bits per heavy atom. The monoisotopic (exact) mass is 300 g/mol. The van der Waals surface area contributed by atoms with Crippen molar-refractivity contribution in [2.45, 2.75) is 64.2 Å². The van der Waals surface area contributed by atoms with Gasteiger partial charge in [0.05, 0.1) is 0 Å². The molecule has 1 saturated carbocycles. The molecule has 1 spiro atoms. The molecule has 2 aliphatic heterocycles. The molecule has 0 aromatic carbocycles. The number of piperidine rings is 1. The van der Waals surface area contributed by atoms with E-state index in [0.717, 1.165) is 11.3 Å². The van der Waals surface area contributed by atoms with Crippen molar-refractivity contribution in [1.82, 2.24) is 10.2 Å². The second kappa shape index (κ2) is 8.00. The van der Waals surface area contributed by atoms with Gasteiger partial charge in [0.2, 0.25) is 0 Å². The molecular formula is C17H33ClN2. The molecule has 0 aromatic rings. The summed E-state index contributed by atoms with van der Waals surface area (Å²) in [5.74, 6) is 0.974. The molecular weight excluding hydrogens is 268 g/mol. The lowest BCUT2D eigenvalue weighted by atomic mass is 9.69. The van der Waals surface area contributed by atoms with Crippen molar-refractivity contribution in [3.8, 4) is 0 Å². The first-order valence-electron chi connectivity index (χ1n) is 8.79. The van der Waals surface area contributed by atoms with Crippen LogP contribution in [0.15, 0.2) is 0 Å². The molecule has 0 atom stereocenters. The van der Waals surface area contributed by atoms with E-state index in [1.165, 1.54) is 96.9 Å². The molecule has 20 heavy (non-hydrogen) atoms. The van der Waals surface area contributed by atoms with Crippen molar-refractivity contribution in [2.75, 3.05) is 32.7 Å². The Bertz CT molecular complexity index is 270. The van der Waals surface area contributed by atoms with Gasteiger partial charge in [0.15, 0.2) is 0 Å². The molecule has 0 radical (unpaired) electrons. The summed E-state index contributed by atoms with van der Waals surface area (Å²) in [4.78, 5) is 2.80. The zero-order valence-electron chi connectivity index (χ0n) is 13.0. The molecule has 2 nitrogen and oxygen atoms in total. The fourth-order valence-electron chi connectivity index (χ4n) is 4.72. The fraction of sp³-hybridized carbons (Fsp3) is 1.00. The molecule has 3 aliphatic rings. The van der Waals surface area contributed by atoms with E-state index in [9.17, 15) is 0 Å². The summed E-state index contributed by atoms with van der Waals surface area (Å²) in [6, 6.07) is 0. The highest BCUT2D eigenvalue weighted by Gasteiger charge is 2.34. The molecule has 2 saturated heterocycles. The number of hydrogen-bond donors (Lipinski definition) is 1. The summed E-state index contributed by atoms with van der Waals surface area (Å²) in [6.07, 6.45) is 14.9. The van der Waals surface area contributed by atoms with Gasteiger partial charge in [0, 0.05) is 6.54 Å². The second-order valence-corrected chi connectivity index (χ2v) is 7.41. The number of halogens is 1. The maximum absolute atomic E-state index is 3.49. The van der Waals surface area contributed by atoms with Gasteiger partial charge < -0.3 is 10.2 Å². The lowest BCUT2D eigenvalue weighted by Gasteiger charge is -2.37. The highest BCUT2D eigenvalue weighted by molar-refractivity contribution is 5.85. The van der Waals surface area contributed by atoms with Gasteiger partial charge in [0.1, 0.15) is 0 Å². The van der Waals surface area contributed by atoms with Crippen LogP contribution in [-0.2, 0) is 0 Å². The van der Waals surface area contributed by atoms with Gasteiger partial charge in [-0.15, -0.1) is 12.4 Å². The van der Waals surface area contributed by atoms with E-state index in [2.05, 4.69) is 10.2 Å². The minimum absolute atomic E-state index is 0. The smallest absolute Gasteiger partial charge is 0.00106 e. The van der Waals surface area contributed by atoms with E-state index in [4.69, 9.17) is 0 Å². The average Bonchev–Trinajstić information content (AvgIpc) is 2.64. The van der Waals surface area contributed by atoms with Crippen LogP contribution in [0.5, 0.6) is 0 Å². The van der Waals surface area contributed by atoms with Crippen molar-refractivity contribution in [1.29, 1.82) is 0 Å². The average molecular weight is 301 g/mol. The predicted octanol–water partition coefficient (Wildman–Crippen LogP) is 3.84. The number of hydrogen-bond acceptors (Lipinski definition) is 2. The van der Waals surface area contributed by atoms with E-state index in [1.807, 2.05) is 0 Å². The van der Waals surface area contributed by atoms with Crippen molar-refractivity contribution < 1.29 is 0 Å².